The van der Waals surface area contributed by atoms with Crippen LogP contribution in [0.15, 0.2) is 48.5 Å². The summed E-state index contributed by atoms with van der Waals surface area (Å²) in [6, 6.07) is 11.1. The van der Waals surface area contributed by atoms with Gasteiger partial charge in [-0.3, -0.25) is 19.2 Å². The number of benzene rings is 2. The number of aryl methyl sites for hydroxylation is 1. The minimum absolute atomic E-state index is 0.172. The summed E-state index contributed by atoms with van der Waals surface area (Å²) < 4.78 is 25.4. The van der Waals surface area contributed by atoms with E-state index in [4.69, 9.17) is 0 Å². The molecule has 0 aliphatic rings. The summed E-state index contributed by atoms with van der Waals surface area (Å²) in [4.78, 5) is 22.8. The first-order valence-electron chi connectivity index (χ1n) is 7.71. The molecule has 0 aromatic heterocycles. The number of rotatable bonds is 6. The Hall–Kier alpha value is -2.94. The Morgan fingerprint density at radius 1 is 1.19 bits per heavy atom. The number of amides is 1. The lowest BCUT2D eigenvalue weighted by Gasteiger charge is -2.28. The van der Waals surface area contributed by atoms with Gasteiger partial charge in [0.25, 0.3) is 5.69 Å². The zero-order valence-corrected chi connectivity index (χ0v) is 15.4. The van der Waals surface area contributed by atoms with Crippen molar-refractivity contribution in [1.82, 2.24) is 0 Å². The van der Waals surface area contributed by atoms with Gasteiger partial charge in [-0.25, -0.2) is 8.42 Å². The zero-order valence-electron chi connectivity index (χ0n) is 14.5. The van der Waals surface area contributed by atoms with E-state index < -0.39 is 26.9 Å². The monoisotopic (exact) mass is 377 g/mol. The van der Waals surface area contributed by atoms with Gasteiger partial charge >= 0.3 is 0 Å². The van der Waals surface area contributed by atoms with Crippen LogP contribution in [-0.4, -0.2) is 31.5 Å². The number of hydrogen-bond donors (Lipinski definition) is 1. The van der Waals surface area contributed by atoms with Crippen LogP contribution in [0.4, 0.5) is 17.1 Å². The van der Waals surface area contributed by atoms with Gasteiger partial charge in [-0.1, -0.05) is 23.8 Å². The summed E-state index contributed by atoms with van der Waals surface area (Å²) in [6.45, 7) is 3.32. The van der Waals surface area contributed by atoms with E-state index in [2.05, 4.69) is 5.32 Å². The molecule has 8 nitrogen and oxygen atoms in total. The Bertz CT molecular complexity index is 926. The number of non-ortho nitro benzene ring substituents is 1. The summed E-state index contributed by atoms with van der Waals surface area (Å²) in [5.41, 5.74) is 1.36. The Morgan fingerprint density at radius 3 is 2.35 bits per heavy atom. The number of nitro groups is 1. The Morgan fingerprint density at radius 2 is 1.81 bits per heavy atom. The van der Waals surface area contributed by atoms with E-state index in [1.165, 1.54) is 31.2 Å². The minimum Gasteiger partial charge on any atom is -0.324 e. The van der Waals surface area contributed by atoms with E-state index in [0.717, 1.165) is 16.1 Å². The molecule has 0 aliphatic heterocycles. The lowest BCUT2D eigenvalue weighted by atomic mass is 10.2. The van der Waals surface area contributed by atoms with Crippen molar-refractivity contribution >= 4 is 33.0 Å². The highest BCUT2D eigenvalue weighted by Gasteiger charge is 2.29. The van der Waals surface area contributed by atoms with Crippen molar-refractivity contribution in [3.05, 3.63) is 64.2 Å². The fourth-order valence-electron chi connectivity index (χ4n) is 2.44. The smallest absolute Gasteiger partial charge is 0.271 e. The Balaban J connectivity index is 2.29. The van der Waals surface area contributed by atoms with Gasteiger partial charge in [-0.15, -0.1) is 0 Å². The summed E-state index contributed by atoms with van der Waals surface area (Å²) >= 11 is 0. The number of hydrogen-bond acceptors (Lipinski definition) is 5. The molecule has 0 fully saturated rings. The number of nitrogens with zero attached hydrogens (tertiary/aromatic N) is 2. The van der Waals surface area contributed by atoms with E-state index >= 15 is 0 Å². The third-order valence-electron chi connectivity index (χ3n) is 3.70. The average molecular weight is 377 g/mol. The fraction of sp³-hybridized carbons (Fsp3) is 0.235. The van der Waals surface area contributed by atoms with Gasteiger partial charge in [0.1, 0.15) is 6.04 Å². The van der Waals surface area contributed by atoms with Crippen LogP contribution in [0.5, 0.6) is 0 Å². The third kappa shape index (κ3) is 4.57. The highest BCUT2D eigenvalue weighted by atomic mass is 32.2. The molecule has 2 aromatic rings. The molecule has 0 unspecified atom stereocenters. The molecule has 9 heteroatoms. The first-order valence-corrected chi connectivity index (χ1v) is 9.56. The summed E-state index contributed by atoms with van der Waals surface area (Å²) in [5, 5.41) is 13.4. The first kappa shape index (κ1) is 19.4. The number of nitro benzene ring substituents is 1. The SMILES string of the molecule is Cc1ccc(N([C@@H](C)C(=O)Nc2cccc([N+](=O)[O-])c2)S(C)(=O)=O)cc1. The van der Waals surface area contributed by atoms with Crippen LogP contribution >= 0.6 is 0 Å². The van der Waals surface area contributed by atoms with Gasteiger partial charge < -0.3 is 5.32 Å². The van der Waals surface area contributed by atoms with Crippen LogP contribution in [0.1, 0.15) is 12.5 Å². The number of sulfonamides is 1. The van der Waals surface area contributed by atoms with Crippen LogP contribution in [0.3, 0.4) is 0 Å². The van der Waals surface area contributed by atoms with Crippen molar-refractivity contribution in [2.45, 2.75) is 19.9 Å². The van der Waals surface area contributed by atoms with Crippen molar-refractivity contribution in [3.63, 3.8) is 0 Å². The van der Waals surface area contributed by atoms with Gasteiger partial charge in [0.2, 0.25) is 15.9 Å². The first-order chi connectivity index (χ1) is 12.1. The number of anilines is 2. The summed E-state index contributed by atoms with van der Waals surface area (Å²) in [5.74, 6) is -0.600. The maximum Gasteiger partial charge on any atom is 0.271 e. The molecule has 0 heterocycles. The summed E-state index contributed by atoms with van der Waals surface area (Å²) in [7, 11) is -3.72. The fourth-order valence-corrected chi connectivity index (χ4v) is 3.62. The maximum atomic E-state index is 12.5. The van der Waals surface area contributed by atoms with Crippen LogP contribution in [-0.2, 0) is 14.8 Å². The Labute approximate surface area is 151 Å². The molecule has 138 valence electrons. The molecule has 26 heavy (non-hydrogen) atoms. The lowest BCUT2D eigenvalue weighted by Crippen LogP contribution is -2.45. The van der Waals surface area contributed by atoms with E-state index in [0.29, 0.717) is 5.69 Å². The molecule has 1 atom stereocenters. The molecular weight excluding hydrogens is 358 g/mol. The van der Waals surface area contributed by atoms with E-state index in [1.54, 1.807) is 24.3 Å². The number of carbonyl (C=O) groups excluding carboxylic acids is 1. The van der Waals surface area contributed by atoms with Crippen LogP contribution in [0, 0.1) is 17.0 Å². The molecule has 2 aromatic carbocycles. The van der Waals surface area contributed by atoms with Gasteiger partial charge in [0.15, 0.2) is 0 Å². The highest BCUT2D eigenvalue weighted by molar-refractivity contribution is 7.92. The van der Waals surface area contributed by atoms with Gasteiger partial charge in [-0.2, -0.15) is 0 Å². The maximum absolute atomic E-state index is 12.5. The van der Waals surface area contributed by atoms with Crippen LogP contribution in [0.25, 0.3) is 0 Å². The van der Waals surface area contributed by atoms with Crippen molar-refractivity contribution in [2.24, 2.45) is 0 Å². The van der Waals surface area contributed by atoms with Gasteiger partial charge in [-0.05, 0) is 32.0 Å². The molecule has 0 bridgehead atoms. The zero-order chi connectivity index (χ0) is 19.5. The molecular formula is C17H19N3O5S. The molecule has 0 spiro atoms. The predicted molar refractivity (Wildman–Crippen MR) is 99.7 cm³/mol. The highest BCUT2D eigenvalue weighted by Crippen LogP contribution is 2.23. The molecule has 0 aliphatic carbocycles. The lowest BCUT2D eigenvalue weighted by molar-refractivity contribution is -0.384. The second-order valence-corrected chi connectivity index (χ2v) is 7.73. The largest absolute Gasteiger partial charge is 0.324 e. The topological polar surface area (TPSA) is 110 Å². The van der Waals surface area contributed by atoms with Crippen LogP contribution < -0.4 is 9.62 Å². The molecule has 0 saturated heterocycles. The Kier molecular flexibility index (Phi) is 5.61. The number of carbonyl (C=O) groups is 1. The van der Waals surface area contributed by atoms with E-state index in [-0.39, 0.29) is 11.4 Å². The third-order valence-corrected chi connectivity index (χ3v) is 4.94. The minimum atomic E-state index is -3.72. The standard InChI is InChI=1S/C17H19N3O5S/c1-12-7-9-15(10-8-12)19(26(3,24)25)13(2)17(21)18-14-5-4-6-16(11-14)20(22)23/h4-11,13H,1-3H3,(H,18,21)/t13-/m0/s1. The molecule has 1 amide bonds. The van der Waals surface area contributed by atoms with Crippen molar-refractivity contribution in [3.8, 4) is 0 Å². The predicted octanol–water partition coefficient (Wildman–Crippen LogP) is 2.70. The molecule has 2 rings (SSSR count). The molecule has 0 radical (unpaired) electrons. The van der Waals surface area contributed by atoms with Gasteiger partial charge in [0, 0.05) is 17.8 Å². The van der Waals surface area contributed by atoms with E-state index in [9.17, 15) is 23.3 Å². The van der Waals surface area contributed by atoms with Crippen molar-refractivity contribution in [1.29, 1.82) is 0 Å². The average Bonchev–Trinajstić information content (AvgIpc) is 2.55. The molecule has 1 N–H and O–H groups in total. The molecule has 0 saturated carbocycles. The van der Waals surface area contributed by atoms with Crippen molar-refractivity contribution in [2.75, 3.05) is 15.9 Å². The second-order valence-electron chi connectivity index (χ2n) is 5.87. The quantitative estimate of drug-likeness (QED) is 0.615. The number of nitrogens with one attached hydrogen (secondary N) is 1. The second kappa shape index (κ2) is 7.52. The van der Waals surface area contributed by atoms with Gasteiger partial charge in [0.05, 0.1) is 16.9 Å². The van der Waals surface area contributed by atoms with Crippen LogP contribution in [0.2, 0.25) is 0 Å². The van der Waals surface area contributed by atoms with E-state index in [1.807, 2.05) is 6.92 Å². The normalized spacial score (nSPS) is 12.3. The van der Waals surface area contributed by atoms with Crippen molar-refractivity contribution < 1.29 is 18.1 Å². The summed E-state index contributed by atoms with van der Waals surface area (Å²) in [6.07, 6.45) is 1.02.